The molecule has 100 valence electrons. The molecule has 3 heteroatoms. The first-order valence-electron chi connectivity index (χ1n) is 6.47. The summed E-state index contributed by atoms with van der Waals surface area (Å²) >= 11 is 0. The first kappa shape index (κ1) is 13.5. The van der Waals surface area contributed by atoms with Crippen molar-refractivity contribution in [2.75, 3.05) is 0 Å². The van der Waals surface area contributed by atoms with E-state index >= 15 is 0 Å². The largest absolute Gasteiger partial charge is 0.311 e. The number of aromatic amines is 1. The van der Waals surface area contributed by atoms with Gasteiger partial charge in [0.05, 0.1) is 5.69 Å². The number of nitrogens with zero attached hydrogens (tertiary/aromatic N) is 1. The van der Waals surface area contributed by atoms with Gasteiger partial charge in [-0.25, -0.2) is 4.98 Å². The first-order chi connectivity index (χ1) is 8.79. The molecule has 19 heavy (non-hydrogen) atoms. The fourth-order valence-corrected chi connectivity index (χ4v) is 2.05. The van der Waals surface area contributed by atoms with Crippen LogP contribution in [0.15, 0.2) is 29.1 Å². The molecule has 0 aliphatic heterocycles. The third-order valence-corrected chi connectivity index (χ3v) is 3.29. The fourth-order valence-electron chi connectivity index (χ4n) is 2.05. The summed E-state index contributed by atoms with van der Waals surface area (Å²) in [5, 5.41) is 0. The Balaban J connectivity index is 2.52. The molecular weight excluding hydrogens is 236 g/mol. The van der Waals surface area contributed by atoms with Crippen LogP contribution in [-0.4, -0.2) is 9.97 Å². The smallest absolute Gasteiger partial charge is 0.254 e. The minimum atomic E-state index is -0.0672. The maximum atomic E-state index is 11.8. The summed E-state index contributed by atoms with van der Waals surface area (Å²) in [6.07, 6.45) is 0. The molecule has 0 saturated carbocycles. The van der Waals surface area contributed by atoms with Crippen molar-refractivity contribution < 1.29 is 0 Å². The van der Waals surface area contributed by atoms with Crippen molar-refractivity contribution in [1.82, 2.24) is 9.97 Å². The first-order valence-corrected chi connectivity index (χ1v) is 6.47. The highest BCUT2D eigenvalue weighted by molar-refractivity contribution is 5.62. The van der Waals surface area contributed by atoms with Crippen LogP contribution in [0.4, 0.5) is 0 Å². The summed E-state index contributed by atoms with van der Waals surface area (Å²) in [6.45, 7) is 10.2. The second-order valence-electron chi connectivity index (χ2n) is 5.95. The lowest BCUT2D eigenvalue weighted by molar-refractivity contribution is 0.590. The van der Waals surface area contributed by atoms with E-state index in [-0.39, 0.29) is 11.0 Å². The maximum absolute atomic E-state index is 11.8. The molecular formula is C16H20N2O. The van der Waals surface area contributed by atoms with Crippen molar-refractivity contribution in [3.63, 3.8) is 0 Å². The molecule has 0 fully saturated rings. The van der Waals surface area contributed by atoms with Crippen molar-refractivity contribution in [1.29, 1.82) is 0 Å². The van der Waals surface area contributed by atoms with E-state index in [9.17, 15) is 4.79 Å². The van der Waals surface area contributed by atoms with E-state index in [2.05, 4.69) is 42.9 Å². The van der Waals surface area contributed by atoms with Gasteiger partial charge in [-0.15, -0.1) is 0 Å². The number of nitrogens with one attached hydrogen (secondary N) is 1. The van der Waals surface area contributed by atoms with Crippen molar-refractivity contribution in [2.45, 2.75) is 40.0 Å². The molecule has 0 radical (unpaired) electrons. The van der Waals surface area contributed by atoms with Crippen LogP contribution in [0.25, 0.3) is 11.3 Å². The Morgan fingerprint density at radius 1 is 1.05 bits per heavy atom. The van der Waals surface area contributed by atoms with Crippen LogP contribution in [-0.2, 0) is 5.41 Å². The van der Waals surface area contributed by atoms with Gasteiger partial charge in [-0.1, -0.05) is 45.0 Å². The zero-order valence-corrected chi connectivity index (χ0v) is 12.2. The molecule has 2 aromatic rings. The van der Waals surface area contributed by atoms with Crippen LogP contribution >= 0.6 is 0 Å². The van der Waals surface area contributed by atoms with Gasteiger partial charge in [0, 0.05) is 11.1 Å². The molecule has 0 bridgehead atoms. The van der Waals surface area contributed by atoms with E-state index < -0.39 is 0 Å². The summed E-state index contributed by atoms with van der Waals surface area (Å²) < 4.78 is 0. The van der Waals surface area contributed by atoms with Gasteiger partial charge >= 0.3 is 0 Å². The Hall–Kier alpha value is -1.90. The summed E-state index contributed by atoms with van der Waals surface area (Å²) in [4.78, 5) is 18.9. The highest BCUT2D eigenvalue weighted by Crippen LogP contribution is 2.25. The standard InChI is InChI=1S/C16H20N2O/c1-10-14(17-11(2)18-15(10)19)12-6-8-13(9-7-12)16(3,4)5/h6-9H,1-5H3,(H,17,18,19). The van der Waals surface area contributed by atoms with Crippen LogP contribution < -0.4 is 5.56 Å². The van der Waals surface area contributed by atoms with Gasteiger partial charge in [0.2, 0.25) is 0 Å². The van der Waals surface area contributed by atoms with Gasteiger partial charge in [0.15, 0.2) is 0 Å². The average molecular weight is 256 g/mol. The zero-order chi connectivity index (χ0) is 14.2. The molecule has 0 atom stereocenters. The van der Waals surface area contributed by atoms with E-state index in [0.717, 1.165) is 11.3 Å². The van der Waals surface area contributed by atoms with Crippen LogP contribution in [0.3, 0.4) is 0 Å². The molecule has 1 aromatic heterocycles. The zero-order valence-electron chi connectivity index (χ0n) is 12.2. The molecule has 3 nitrogen and oxygen atoms in total. The minimum Gasteiger partial charge on any atom is -0.311 e. The van der Waals surface area contributed by atoms with Gasteiger partial charge in [-0.3, -0.25) is 4.79 Å². The average Bonchev–Trinajstić information content (AvgIpc) is 2.33. The van der Waals surface area contributed by atoms with Crippen LogP contribution in [0, 0.1) is 13.8 Å². The predicted octanol–water partition coefficient (Wildman–Crippen LogP) is 3.35. The fraction of sp³-hybridized carbons (Fsp3) is 0.375. The van der Waals surface area contributed by atoms with Gasteiger partial charge in [-0.05, 0) is 24.8 Å². The summed E-state index contributed by atoms with van der Waals surface area (Å²) in [5.41, 5.74) is 3.75. The van der Waals surface area contributed by atoms with Gasteiger partial charge in [0.1, 0.15) is 5.82 Å². The molecule has 1 N–H and O–H groups in total. The van der Waals surface area contributed by atoms with Crippen molar-refractivity contribution in [2.24, 2.45) is 0 Å². The quantitative estimate of drug-likeness (QED) is 0.850. The number of hydrogen-bond donors (Lipinski definition) is 1. The molecule has 1 aromatic carbocycles. The van der Waals surface area contributed by atoms with E-state index in [1.807, 2.05) is 12.1 Å². The number of aryl methyl sites for hydroxylation is 1. The lowest BCUT2D eigenvalue weighted by Crippen LogP contribution is -2.14. The van der Waals surface area contributed by atoms with Crippen LogP contribution in [0.2, 0.25) is 0 Å². The van der Waals surface area contributed by atoms with E-state index in [1.54, 1.807) is 13.8 Å². The van der Waals surface area contributed by atoms with Crippen molar-refractivity contribution in [3.05, 3.63) is 51.6 Å². The summed E-state index contributed by atoms with van der Waals surface area (Å²) in [6, 6.07) is 8.28. The number of rotatable bonds is 1. The van der Waals surface area contributed by atoms with Gasteiger partial charge in [0.25, 0.3) is 5.56 Å². The Kier molecular flexibility index (Phi) is 3.31. The number of H-pyrrole nitrogens is 1. The highest BCUT2D eigenvalue weighted by atomic mass is 16.1. The highest BCUT2D eigenvalue weighted by Gasteiger charge is 2.14. The number of benzene rings is 1. The predicted molar refractivity (Wildman–Crippen MR) is 78.5 cm³/mol. The minimum absolute atomic E-state index is 0.0672. The van der Waals surface area contributed by atoms with E-state index in [1.165, 1.54) is 5.56 Å². The number of aromatic nitrogens is 2. The second kappa shape index (κ2) is 4.65. The van der Waals surface area contributed by atoms with Gasteiger partial charge in [-0.2, -0.15) is 0 Å². The second-order valence-corrected chi connectivity index (χ2v) is 5.95. The maximum Gasteiger partial charge on any atom is 0.254 e. The van der Waals surface area contributed by atoms with Crippen molar-refractivity contribution >= 4 is 0 Å². The third-order valence-electron chi connectivity index (χ3n) is 3.29. The molecule has 1 heterocycles. The number of hydrogen-bond acceptors (Lipinski definition) is 2. The Morgan fingerprint density at radius 3 is 2.16 bits per heavy atom. The summed E-state index contributed by atoms with van der Waals surface area (Å²) in [5.74, 6) is 0.644. The Bertz CT molecular complexity index is 646. The summed E-state index contributed by atoms with van der Waals surface area (Å²) in [7, 11) is 0. The van der Waals surface area contributed by atoms with Crippen molar-refractivity contribution in [3.8, 4) is 11.3 Å². The molecule has 0 amide bonds. The van der Waals surface area contributed by atoms with Gasteiger partial charge < -0.3 is 4.98 Å². The normalized spacial score (nSPS) is 11.6. The van der Waals surface area contributed by atoms with Crippen LogP contribution in [0.1, 0.15) is 37.7 Å². The monoisotopic (exact) mass is 256 g/mol. The molecule has 0 unspecified atom stereocenters. The van der Waals surface area contributed by atoms with E-state index in [0.29, 0.717) is 11.4 Å². The molecule has 0 spiro atoms. The third kappa shape index (κ3) is 2.75. The Labute approximate surface area is 113 Å². The lowest BCUT2D eigenvalue weighted by Gasteiger charge is -2.19. The SMILES string of the molecule is Cc1nc(-c2ccc(C(C)(C)C)cc2)c(C)c(=O)[nH]1. The van der Waals surface area contributed by atoms with E-state index in [4.69, 9.17) is 0 Å². The van der Waals surface area contributed by atoms with Crippen LogP contribution in [0.5, 0.6) is 0 Å². The molecule has 0 aliphatic rings. The molecule has 0 aliphatic carbocycles. The lowest BCUT2D eigenvalue weighted by atomic mass is 9.86. The molecule has 2 rings (SSSR count). The molecule has 0 saturated heterocycles. The topological polar surface area (TPSA) is 45.8 Å². The Morgan fingerprint density at radius 2 is 1.63 bits per heavy atom.